The van der Waals surface area contributed by atoms with Crippen molar-refractivity contribution >= 4 is 17.3 Å². The second-order valence-electron chi connectivity index (χ2n) is 10.3. The number of anilines is 2. The molecule has 0 radical (unpaired) electrons. The fraction of sp³-hybridized carbons (Fsp3) is 0.552. The van der Waals surface area contributed by atoms with Crippen LogP contribution in [0.1, 0.15) is 85.3 Å². The van der Waals surface area contributed by atoms with E-state index in [2.05, 4.69) is 52.2 Å². The van der Waals surface area contributed by atoms with Crippen LogP contribution in [0.25, 0.3) is 0 Å². The van der Waals surface area contributed by atoms with Gasteiger partial charge in [0, 0.05) is 23.5 Å². The van der Waals surface area contributed by atoms with Crippen molar-refractivity contribution in [1.29, 1.82) is 0 Å². The van der Waals surface area contributed by atoms with Gasteiger partial charge in [-0.25, -0.2) is 0 Å². The maximum atomic E-state index is 12.5. The highest BCUT2D eigenvalue weighted by Gasteiger charge is 2.37. The summed E-state index contributed by atoms with van der Waals surface area (Å²) in [6.07, 6.45) is 4.34. The minimum atomic E-state index is -1.11. The summed E-state index contributed by atoms with van der Waals surface area (Å²) in [5.41, 5.74) is 2.53. The molecular weight excluding hydrogens is 408 g/mol. The molecule has 0 saturated heterocycles. The van der Waals surface area contributed by atoms with Crippen LogP contribution >= 0.6 is 0 Å². The van der Waals surface area contributed by atoms with Crippen molar-refractivity contribution in [1.82, 2.24) is 0 Å². The molecule has 4 heteroatoms. The molecule has 0 aliphatic rings. The molecule has 182 valence electrons. The quantitative estimate of drug-likeness (QED) is 0.293. The summed E-state index contributed by atoms with van der Waals surface area (Å²) in [4.78, 5) is 12.5. The Kier molecular flexibility index (Phi) is 9.82. The van der Waals surface area contributed by atoms with E-state index in [4.69, 9.17) is 0 Å². The first-order chi connectivity index (χ1) is 15.6. The highest BCUT2D eigenvalue weighted by atomic mass is 16.4. The van der Waals surface area contributed by atoms with Gasteiger partial charge < -0.3 is 15.7 Å². The number of hydrogen-bond acceptors (Lipinski definition) is 3. The van der Waals surface area contributed by atoms with Crippen LogP contribution in [0.5, 0.6) is 0 Å². The lowest BCUT2D eigenvalue weighted by molar-refractivity contribution is -0.141. The van der Waals surface area contributed by atoms with Crippen LogP contribution in [0.15, 0.2) is 48.5 Å². The monoisotopic (exact) mass is 452 g/mol. The fourth-order valence-electron chi connectivity index (χ4n) is 4.48. The SMILES string of the molecule is CCC(CC(C)C)Nc1ccc(C(C)(C(=O)O)c2ccc(NC(CC)CC(C)C)cc2)cc1. The maximum absolute atomic E-state index is 12.5. The molecule has 0 aliphatic heterocycles. The Balaban J connectivity index is 2.23. The summed E-state index contributed by atoms with van der Waals surface area (Å²) in [6, 6.07) is 16.6. The number of nitrogens with one attached hydrogen (secondary N) is 2. The van der Waals surface area contributed by atoms with Crippen LogP contribution in [-0.2, 0) is 10.2 Å². The first-order valence-corrected chi connectivity index (χ1v) is 12.6. The van der Waals surface area contributed by atoms with Gasteiger partial charge in [0.2, 0.25) is 0 Å². The second-order valence-corrected chi connectivity index (χ2v) is 10.3. The van der Waals surface area contributed by atoms with Crippen LogP contribution in [-0.4, -0.2) is 23.2 Å². The number of benzene rings is 2. The largest absolute Gasteiger partial charge is 0.480 e. The maximum Gasteiger partial charge on any atom is 0.318 e. The molecule has 0 amide bonds. The zero-order valence-corrected chi connectivity index (χ0v) is 21.6. The smallest absolute Gasteiger partial charge is 0.318 e. The van der Waals surface area contributed by atoms with Gasteiger partial charge in [0.25, 0.3) is 0 Å². The van der Waals surface area contributed by atoms with Crippen molar-refractivity contribution in [3.63, 3.8) is 0 Å². The Morgan fingerprint density at radius 2 is 1.09 bits per heavy atom. The normalized spacial score (nSPS) is 15.2. The molecule has 0 aliphatic carbocycles. The van der Waals surface area contributed by atoms with Gasteiger partial charge in [0.1, 0.15) is 5.41 Å². The lowest BCUT2D eigenvalue weighted by Crippen LogP contribution is -2.33. The van der Waals surface area contributed by atoms with E-state index < -0.39 is 11.4 Å². The summed E-state index contributed by atoms with van der Waals surface area (Å²) in [5, 5.41) is 17.4. The molecule has 2 aromatic carbocycles. The van der Waals surface area contributed by atoms with Gasteiger partial charge in [-0.3, -0.25) is 4.79 Å². The molecule has 2 unspecified atom stereocenters. The zero-order valence-electron chi connectivity index (χ0n) is 21.6. The zero-order chi connectivity index (χ0) is 24.6. The highest BCUT2D eigenvalue weighted by Crippen LogP contribution is 2.34. The van der Waals surface area contributed by atoms with Gasteiger partial charge in [0.05, 0.1) is 0 Å². The summed E-state index contributed by atoms with van der Waals surface area (Å²) in [7, 11) is 0. The minimum absolute atomic E-state index is 0.421. The van der Waals surface area contributed by atoms with Crippen molar-refractivity contribution in [3.05, 3.63) is 59.7 Å². The molecular formula is C29H44N2O2. The van der Waals surface area contributed by atoms with Crippen molar-refractivity contribution < 1.29 is 9.90 Å². The lowest BCUT2D eigenvalue weighted by Gasteiger charge is -2.27. The van der Waals surface area contributed by atoms with Gasteiger partial charge >= 0.3 is 5.97 Å². The fourth-order valence-corrected chi connectivity index (χ4v) is 4.48. The molecule has 0 heterocycles. The molecule has 0 spiro atoms. The van der Waals surface area contributed by atoms with Crippen molar-refractivity contribution in [2.24, 2.45) is 11.8 Å². The van der Waals surface area contributed by atoms with Gasteiger partial charge in [-0.05, 0) is 79.8 Å². The van der Waals surface area contributed by atoms with Crippen LogP contribution in [0.3, 0.4) is 0 Å². The molecule has 0 aromatic heterocycles. The third-order valence-electron chi connectivity index (χ3n) is 6.59. The average molecular weight is 453 g/mol. The van der Waals surface area contributed by atoms with E-state index in [1.165, 1.54) is 0 Å². The Bertz CT molecular complexity index is 793. The Morgan fingerprint density at radius 3 is 1.33 bits per heavy atom. The molecule has 4 nitrogen and oxygen atoms in total. The molecule has 2 rings (SSSR count). The predicted molar refractivity (Wildman–Crippen MR) is 141 cm³/mol. The number of carbonyl (C=O) groups is 1. The van der Waals surface area contributed by atoms with E-state index in [0.717, 1.165) is 48.2 Å². The van der Waals surface area contributed by atoms with E-state index >= 15 is 0 Å². The molecule has 0 saturated carbocycles. The van der Waals surface area contributed by atoms with Crippen LogP contribution in [0.4, 0.5) is 11.4 Å². The van der Waals surface area contributed by atoms with Crippen LogP contribution in [0, 0.1) is 11.8 Å². The van der Waals surface area contributed by atoms with Gasteiger partial charge in [-0.15, -0.1) is 0 Å². The minimum Gasteiger partial charge on any atom is -0.480 e. The Morgan fingerprint density at radius 1 is 0.758 bits per heavy atom. The first-order valence-electron chi connectivity index (χ1n) is 12.6. The van der Waals surface area contributed by atoms with Gasteiger partial charge in [-0.2, -0.15) is 0 Å². The number of hydrogen-bond donors (Lipinski definition) is 3. The average Bonchev–Trinajstić information content (AvgIpc) is 2.77. The van der Waals surface area contributed by atoms with Crippen LogP contribution in [0.2, 0.25) is 0 Å². The summed E-state index contributed by atoms with van der Waals surface area (Å²) >= 11 is 0. The van der Waals surface area contributed by atoms with Crippen molar-refractivity contribution in [3.8, 4) is 0 Å². The van der Waals surface area contributed by atoms with Crippen molar-refractivity contribution in [2.75, 3.05) is 10.6 Å². The first kappa shape index (κ1) is 26.8. The Hall–Kier alpha value is -2.49. The highest BCUT2D eigenvalue weighted by molar-refractivity contribution is 5.85. The van der Waals surface area contributed by atoms with E-state index in [0.29, 0.717) is 23.9 Å². The topological polar surface area (TPSA) is 61.4 Å². The van der Waals surface area contributed by atoms with E-state index in [9.17, 15) is 9.90 Å². The second kappa shape index (κ2) is 12.1. The van der Waals surface area contributed by atoms with E-state index in [-0.39, 0.29) is 0 Å². The number of carboxylic acid groups (broad SMARTS) is 1. The van der Waals surface area contributed by atoms with Crippen LogP contribution < -0.4 is 10.6 Å². The van der Waals surface area contributed by atoms with Crippen molar-refractivity contribution in [2.45, 2.75) is 91.6 Å². The lowest BCUT2D eigenvalue weighted by atomic mass is 9.76. The molecule has 33 heavy (non-hydrogen) atoms. The predicted octanol–water partition coefficient (Wildman–Crippen LogP) is 7.55. The summed E-state index contributed by atoms with van der Waals surface area (Å²) in [6.45, 7) is 15.1. The molecule has 2 atom stereocenters. The van der Waals surface area contributed by atoms with E-state index in [1.54, 1.807) is 6.92 Å². The number of aliphatic carboxylic acids is 1. The standard InChI is InChI=1S/C29H44N2O2/c1-8-24(18-20(3)4)30-26-14-10-22(11-15-26)29(7,28(32)33)23-12-16-27(17-13-23)31-25(9-2)19-21(5)6/h10-17,20-21,24-25,30-31H,8-9,18-19H2,1-7H3,(H,32,33). The molecule has 0 bridgehead atoms. The van der Waals surface area contributed by atoms with Gasteiger partial charge in [-0.1, -0.05) is 65.8 Å². The van der Waals surface area contributed by atoms with Gasteiger partial charge in [0.15, 0.2) is 0 Å². The third-order valence-corrected chi connectivity index (χ3v) is 6.59. The Labute approximate surface area is 201 Å². The molecule has 2 aromatic rings. The number of carboxylic acids is 1. The summed E-state index contributed by atoms with van der Waals surface area (Å²) in [5.74, 6) is 0.418. The number of rotatable bonds is 13. The molecule has 0 fully saturated rings. The summed E-state index contributed by atoms with van der Waals surface area (Å²) < 4.78 is 0. The van der Waals surface area contributed by atoms with E-state index in [1.807, 2.05) is 48.5 Å². The third kappa shape index (κ3) is 7.25. The molecule has 3 N–H and O–H groups in total.